The lowest BCUT2D eigenvalue weighted by molar-refractivity contribution is 0.0601. The maximum absolute atomic E-state index is 12.1. The number of hydrogen-bond acceptors (Lipinski definition) is 5. The number of esters is 1. The number of anilines is 2. The molecule has 0 bridgehead atoms. The van der Waals surface area contributed by atoms with Gasteiger partial charge in [0, 0.05) is 0 Å². The highest BCUT2D eigenvalue weighted by Crippen LogP contribution is 2.29. The molecule has 0 spiro atoms. The minimum absolute atomic E-state index is 0.262. The van der Waals surface area contributed by atoms with Crippen molar-refractivity contribution in [3.05, 3.63) is 70.9 Å². The van der Waals surface area contributed by atoms with Gasteiger partial charge in [-0.3, -0.25) is 4.79 Å². The van der Waals surface area contributed by atoms with Gasteiger partial charge in [-0.15, -0.1) is 0 Å². The molecule has 3 rings (SSSR count). The van der Waals surface area contributed by atoms with Crippen molar-refractivity contribution in [3.63, 3.8) is 0 Å². The van der Waals surface area contributed by atoms with Crippen LogP contribution in [0.1, 0.15) is 32.0 Å². The third-order valence-corrected chi connectivity index (χ3v) is 4.24. The molecular weight excluding hydrogens is 344 g/mol. The van der Waals surface area contributed by atoms with Gasteiger partial charge in [-0.1, -0.05) is 30.3 Å². The number of primary amides is 1. The highest BCUT2D eigenvalue weighted by atomic mass is 16.5. The van der Waals surface area contributed by atoms with Crippen LogP contribution >= 0.6 is 0 Å². The molecule has 1 amide bonds. The number of amides is 1. The summed E-state index contributed by atoms with van der Waals surface area (Å²) >= 11 is 0. The van der Waals surface area contributed by atoms with Crippen molar-refractivity contribution in [3.8, 4) is 5.69 Å². The maximum atomic E-state index is 12.1. The molecule has 7 heteroatoms. The van der Waals surface area contributed by atoms with E-state index in [0.717, 1.165) is 11.3 Å². The Balaban J connectivity index is 2.20. The molecule has 0 aliphatic carbocycles. The van der Waals surface area contributed by atoms with E-state index in [1.807, 2.05) is 31.2 Å². The molecule has 1 aromatic heterocycles. The van der Waals surface area contributed by atoms with Gasteiger partial charge >= 0.3 is 5.97 Å². The van der Waals surface area contributed by atoms with Crippen molar-refractivity contribution < 1.29 is 14.3 Å². The fourth-order valence-corrected chi connectivity index (χ4v) is 2.92. The predicted molar refractivity (Wildman–Crippen MR) is 103 cm³/mol. The van der Waals surface area contributed by atoms with E-state index in [-0.39, 0.29) is 5.56 Å². The number of nitrogens with two attached hydrogens (primary N) is 1. The van der Waals surface area contributed by atoms with Gasteiger partial charge in [0.25, 0.3) is 5.91 Å². The monoisotopic (exact) mass is 364 g/mol. The van der Waals surface area contributed by atoms with Crippen molar-refractivity contribution >= 4 is 23.4 Å². The number of aryl methyl sites for hydroxylation is 2. The minimum atomic E-state index is -0.606. The standard InChI is InChI=1S/C20H20N4O3/c1-12-8-4-7-11-16(12)24-19(17(18(21)25)13(2)23-24)22-15-10-6-5-9-14(15)20(26)27-3/h4-11,22H,1-3H3,(H2,21,25). The van der Waals surface area contributed by atoms with Crippen LogP contribution < -0.4 is 11.1 Å². The fourth-order valence-electron chi connectivity index (χ4n) is 2.92. The highest BCUT2D eigenvalue weighted by Gasteiger charge is 2.23. The third kappa shape index (κ3) is 3.39. The molecule has 27 heavy (non-hydrogen) atoms. The molecule has 0 atom stereocenters. The van der Waals surface area contributed by atoms with E-state index in [1.54, 1.807) is 35.9 Å². The average molecular weight is 364 g/mol. The summed E-state index contributed by atoms with van der Waals surface area (Å²) in [5.41, 5.74) is 8.95. The molecule has 0 unspecified atom stereocenters. The van der Waals surface area contributed by atoms with Crippen LogP contribution in [-0.2, 0) is 4.74 Å². The largest absolute Gasteiger partial charge is 0.465 e. The smallest absolute Gasteiger partial charge is 0.339 e. The van der Waals surface area contributed by atoms with Gasteiger partial charge in [0.1, 0.15) is 11.4 Å². The molecule has 0 saturated carbocycles. The number of hydrogen-bond donors (Lipinski definition) is 2. The van der Waals surface area contributed by atoms with Crippen LogP contribution in [0.3, 0.4) is 0 Å². The zero-order valence-corrected chi connectivity index (χ0v) is 15.3. The summed E-state index contributed by atoms with van der Waals surface area (Å²) in [5.74, 6) is -0.701. The number of ether oxygens (including phenoxy) is 1. The summed E-state index contributed by atoms with van der Waals surface area (Å²) in [6.45, 7) is 3.66. The first-order valence-electron chi connectivity index (χ1n) is 8.33. The van der Waals surface area contributed by atoms with E-state index in [2.05, 4.69) is 10.4 Å². The van der Waals surface area contributed by atoms with Crippen LogP contribution in [0.4, 0.5) is 11.5 Å². The Kier molecular flexibility index (Phi) is 4.94. The molecule has 0 saturated heterocycles. The van der Waals surface area contributed by atoms with E-state index < -0.39 is 11.9 Å². The molecule has 0 radical (unpaired) electrons. The van der Waals surface area contributed by atoms with Crippen LogP contribution in [0.2, 0.25) is 0 Å². The van der Waals surface area contributed by atoms with Gasteiger partial charge < -0.3 is 15.8 Å². The number of methoxy groups -OCH3 is 1. The number of para-hydroxylation sites is 2. The van der Waals surface area contributed by atoms with Crippen LogP contribution in [0.15, 0.2) is 48.5 Å². The van der Waals surface area contributed by atoms with Gasteiger partial charge in [0.05, 0.1) is 29.7 Å². The third-order valence-electron chi connectivity index (χ3n) is 4.24. The van der Waals surface area contributed by atoms with E-state index in [9.17, 15) is 9.59 Å². The summed E-state index contributed by atoms with van der Waals surface area (Å²) in [6, 6.07) is 14.5. The molecule has 0 aliphatic heterocycles. The van der Waals surface area contributed by atoms with Crippen LogP contribution in [0.5, 0.6) is 0 Å². The van der Waals surface area contributed by atoms with E-state index in [4.69, 9.17) is 10.5 Å². The fraction of sp³-hybridized carbons (Fsp3) is 0.150. The van der Waals surface area contributed by atoms with Gasteiger partial charge in [0.2, 0.25) is 0 Å². The number of nitrogens with zero attached hydrogens (tertiary/aromatic N) is 2. The SMILES string of the molecule is COC(=O)c1ccccc1Nc1c(C(N)=O)c(C)nn1-c1ccccc1C. The second-order valence-electron chi connectivity index (χ2n) is 6.03. The summed E-state index contributed by atoms with van der Waals surface area (Å²) in [7, 11) is 1.32. The number of rotatable bonds is 5. The van der Waals surface area contributed by atoms with E-state index in [0.29, 0.717) is 22.8 Å². The highest BCUT2D eigenvalue weighted by molar-refractivity contribution is 6.01. The Morgan fingerprint density at radius 1 is 1.07 bits per heavy atom. The number of carbonyl (C=O) groups excluding carboxylic acids is 2. The Hall–Kier alpha value is -3.61. The number of carbonyl (C=O) groups is 2. The van der Waals surface area contributed by atoms with Crippen molar-refractivity contribution in [2.75, 3.05) is 12.4 Å². The summed E-state index contributed by atoms with van der Waals surface area (Å²) in [6.07, 6.45) is 0. The van der Waals surface area contributed by atoms with E-state index >= 15 is 0 Å². The molecule has 138 valence electrons. The molecule has 1 heterocycles. The topological polar surface area (TPSA) is 99.2 Å². The second kappa shape index (κ2) is 7.33. The second-order valence-corrected chi connectivity index (χ2v) is 6.03. The first-order valence-corrected chi connectivity index (χ1v) is 8.33. The Labute approximate surface area is 156 Å². The predicted octanol–water partition coefficient (Wildman–Crippen LogP) is 3.12. The molecule has 2 aromatic carbocycles. The van der Waals surface area contributed by atoms with Crippen LogP contribution in [0, 0.1) is 13.8 Å². The zero-order valence-electron chi connectivity index (χ0n) is 15.3. The lowest BCUT2D eigenvalue weighted by atomic mass is 10.1. The molecule has 0 fully saturated rings. The van der Waals surface area contributed by atoms with Gasteiger partial charge in [-0.05, 0) is 37.6 Å². The van der Waals surface area contributed by atoms with Gasteiger partial charge in [-0.2, -0.15) is 5.10 Å². The number of nitrogens with one attached hydrogen (secondary N) is 1. The normalized spacial score (nSPS) is 10.5. The Bertz CT molecular complexity index is 1020. The van der Waals surface area contributed by atoms with Crippen molar-refractivity contribution in [1.82, 2.24) is 9.78 Å². The first-order chi connectivity index (χ1) is 12.9. The van der Waals surface area contributed by atoms with Crippen LogP contribution in [-0.4, -0.2) is 28.8 Å². The van der Waals surface area contributed by atoms with Crippen molar-refractivity contribution in [1.29, 1.82) is 0 Å². The summed E-state index contributed by atoms with van der Waals surface area (Å²) in [4.78, 5) is 24.2. The Morgan fingerprint density at radius 3 is 2.41 bits per heavy atom. The molecular formula is C20H20N4O3. The van der Waals surface area contributed by atoms with Crippen LogP contribution in [0.25, 0.3) is 5.69 Å². The number of benzene rings is 2. The quantitative estimate of drug-likeness (QED) is 0.678. The first kappa shape index (κ1) is 18.2. The molecule has 3 N–H and O–H groups in total. The molecule has 7 nitrogen and oxygen atoms in total. The molecule has 3 aromatic rings. The Morgan fingerprint density at radius 2 is 1.74 bits per heavy atom. The molecule has 0 aliphatic rings. The maximum Gasteiger partial charge on any atom is 0.339 e. The van der Waals surface area contributed by atoms with Gasteiger partial charge in [-0.25, -0.2) is 9.48 Å². The average Bonchev–Trinajstić information content (AvgIpc) is 2.98. The van der Waals surface area contributed by atoms with Crippen molar-refractivity contribution in [2.45, 2.75) is 13.8 Å². The van der Waals surface area contributed by atoms with Crippen molar-refractivity contribution in [2.24, 2.45) is 5.73 Å². The lowest BCUT2D eigenvalue weighted by Crippen LogP contribution is -2.15. The number of aromatic nitrogens is 2. The summed E-state index contributed by atoms with van der Waals surface area (Å²) in [5, 5.41) is 7.64. The summed E-state index contributed by atoms with van der Waals surface area (Å²) < 4.78 is 6.46. The minimum Gasteiger partial charge on any atom is -0.465 e. The zero-order chi connectivity index (χ0) is 19.6. The van der Waals surface area contributed by atoms with E-state index in [1.165, 1.54) is 7.11 Å². The van der Waals surface area contributed by atoms with Gasteiger partial charge in [0.15, 0.2) is 0 Å². The lowest BCUT2D eigenvalue weighted by Gasteiger charge is -2.15.